The first-order valence-corrected chi connectivity index (χ1v) is 4.29. The summed E-state index contributed by atoms with van der Waals surface area (Å²) in [6, 6.07) is 10.5. The molecule has 1 aromatic carbocycles. The molecule has 0 atom stereocenters. The SMILES string of the molecule is O=C(ONc1ccccc1)c1ccno1. The van der Waals surface area contributed by atoms with E-state index >= 15 is 0 Å². The summed E-state index contributed by atoms with van der Waals surface area (Å²) in [6.45, 7) is 0. The molecule has 1 aromatic heterocycles. The summed E-state index contributed by atoms with van der Waals surface area (Å²) in [5.41, 5.74) is 3.18. The average Bonchev–Trinajstić information content (AvgIpc) is 2.81. The summed E-state index contributed by atoms with van der Waals surface area (Å²) < 4.78 is 4.62. The molecule has 0 aliphatic carbocycles. The van der Waals surface area contributed by atoms with Crippen molar-refractivity contribution in [3.05, 3.63) is 48.4 Å². The molecule has 0 aliphatic heterocycles. The molecule has 15 heavy (non-hydrogen) atoms. The van der Waals surface area contributed by atoms with E-state index in [4.69, 9.17) is 4.84 Å². The third kappa shape index (κ3) is 2.34. The second kappa shape index (κ2) is 4.28. The highest BCUT2D eigenvalue weighted by atomic mass is 16.7. The fraction of sp³-hybridized carbons (Fsp3) is 0. The van der Waals surface area contributed by atoms with E-state index in [2.05, 4.69) is 15.2 Å². The van der Waals surface area contributed by atoms with Crippen molar-refractivity contribution in [3.63, 3.8) is 0 Å². The molecule has 0 bridgehead atoms. The molecule has 0 fully saturated rings. The Labute approximate surface area is 85.6 Å². The average molecular weight is 204 g/mol. The van der Waals surface area contributed by atoms with E-state index in [0.717, 1.165) is 0 Å². The smallest absolute Gasteiger partial charge is 0.349 e. The maximum absolute atomic E-state index is 11.3. The van der Waals surface area contributed by atoms with E-state index in [9.17, 15) is 4.79 Å². The number of hydrogen-bond acceptors (Lipinski definition) is 5. The Hall–Kier alpha value is -2.30. The minimum atomic E-state index is -0.614. The molecular weight excluding hydrogens is 196 g/mol. The van der Waals surface area contributed by atoms with Crippen LogP contribution < -0.4 is 5.48 Å². The van der Waals surface area contributed by atoms with Crippen molar-refractivity contribution in [2.75, 3.05) is 5.48 Å². The first-order chi connectivity index (χ1) is 7.36. The number of hydrogen-bond donors (Lipinski definition) is 1. The minimum absolute atomic E-state index is 0.0541. The van der Waals surface area contributed by atoms with Gasteiger partial charge in [0, 0.05) is 6.07 Å². The zero-order valence-electron chi connectivity index (χ0n) is 7.71. The van der Waals surface area contributed by atoms with Gasteiger partial charge in [-0.1, -0.05) is 23.4 Å². The second-order valence-electron chi connectivity index (χ2n) is 2.73. The molecule has 5 heteroatoms. The molecule has 0 radical (unpaired) electrons. The number of rotatable bonds is 3. The number of benzene rings is 1. The number of carbonyl (C=O) groups excluding carboxylic acids is 1. The summed E-state index contributed by atoms with van der Waals surface area (Å²) in [7, 11) is 0. The van der Waals surface area contributed by atoms with Gasteiger partial charge < -0.3 is 9.36 Å². The Balaban J connectivity index is 1.92. The molecule has 1 N–H and O–H groups in total. The summed E-state index contributed by atoms with van der Waals surface area (Å²) >= 11 is 0. The van der Waals surface area contributed by atoms with Gasteiger partial charge in [-0.05, 0) is 12.1 Å². The summed E-state index contributed by atoms with van der Waals surface area (Å²) in [6.07, 6.45) is 1.37. The van der Waals surface area contributed by atoms with Gasteiger partial charge in [-0.3, -0.25) is 0 Å². The van der Waals surface area contributed by atoms with Gasteiger partial charge in [0.1, 0.15) is 0 Å². The fourth-order valence-electron chi connectivity index (χ4n) is 0.983. The van der Waals surface area contributed by atoms with E-state index in [1.54, 1.807) is 12.1 Å². The summed E-state index contributed by atoms with van der Waals surface area (Å²) in [4.78, 5) is 16.0. The van der Waals surface area contributed by atoms with E-state index in [-0.39, 0.29) is 5.76 Å². The zero-order chi connectivity index (χ0) is 10.5. The minimum Gasteiger partial charge on any atom is -0.349 e. The van der Waals surface area contributed by atoms with Crippen LogP contribution in [0.1, 0.15) is 10.6 Å². The Kier molecular flexibility index (Phi) is 2.64. The van der Waals surface area contributed by atoms with Gasteiger partial charge in [-0.15, -0.1) is 0 Å². The van der Waals surface area contributed by atoms with Crippen LogP contribution >= 0.6 is 0 Å². The number of aromatic nitrogens is 1. The van der Waals surface area contributed by atoms with Crippen molar-refractivity contribution in [2.45, 2.75) is 0 Å². The summed E-state index contributed by atoms with van der Waals surface area (Å²) in [5, 5.41) is 3.39. The monoisotopic (exact) mass is 204 g/mol. The molecule has 2 rings (SSSR count). The molecule has 0 unspecified atom stereocenters. The highest BCUT2D eigenvalue weighted by Gasteiger charge is 2.11. The number of nitrogens with zero attached hydrogens (tertiary/aromatic N) is 1. The standard InChI is InChI=1S/C10H8N2O3/c13-10(9-6-7-11-14-9)15-12-8-4-2-1-3-5-8/h1-7,12H. The van der Waals surface area contributed by atoms with Crippen LogP contribution in [0.4, 0.5) is 5.69 Å². The highest BCUT2D eigenvalue weighted by molar-refractivity contribution is 5.86. The van der Waals surface area contributed by atoms with E-state index in [1.807, 2.05) is 18.2 Å². The largest absolute Gasteiger partial charge is 0.401 e. The van der Waals surface area contributed by atoms with Gasteiger partial charge in [0.25, 0.3) is 0 Å². The third-order valence-corrected chi connectivity index (χ3v) is 1.67. The number of para-hydroxylation sites is 1. The van der Waals surface area contributed by atoms with Crippen molar-refractivity contribution in [2.24, 2.45) is 0 Å². The number of anilines is 1. The predicted octanol–water partition coefficient (Wildman–Crippen LogP) is 1.86. The van der Waals surface area contributed by atoms with Crippen molar-refractivity contribution in [1.82, 2.24) is 5.16 Å². The lowest BCUT2D eigenvalue weighted by Crippen LogP contribution is -2.09. The molecule has 0 saturated heterocycles. The molecule has 2 aromatic rings. The lowest BCUT2D eigenvalue weighted by molar-refractivity contribution is 0.0550. The molecule has 0 spiro atoms. The first-order valence-electron chi connectivity index (χ1n) is 4.29. The Morgan fingerprint density at radius 1 is 1.27 bits per heavy atom. The van der Waals surface area contributed by atoms with Crippen LogP contribution in [0.25, 0.3) is 0 Å². The van der Waals surface area contributed by atoms with Crippen LogP contribution in [0.5, 0.6) is 0 Å². The summed E-state index contributed by atoms with van der Waals surface area (Å²) in [5.74, 6) is -0.560. The number of carbonyl (C=O) groups is 1. The maximum atomic E-state index is 11.3. The Bertz CT molecular complexity index is 425. The lowest BCUT2D eigenvalue weighted by atomic mass is 10.3. The predicted molar refractivity (Wildman–Crippen MR) is 52.0 cm³/mol. The van der Waals surface area contributed by atoms with Crippen molar-refractivity contribution >= 4 is 11.7 Å². The lowest BCUT2D eigenvalue weighted by Gasteiger charge is -2.03. The van der Waals surface area contributed by atoms with Crippen molar-refractivity contribution < 1.29 is 14.2 Å². The van der Waals surface area contributed by atoms with Gasteiger partial charge in [0.2, 0.25) is 5.76 Å². The van der Waals surface area contributed by atoms with Crippen LogP contribution in [0.15, 0.2) is 47.1 Å². The second-order valence-corrected chi connectivity index (χ2v) is 2.73. The van der Waals surface area contributed by atoms with Gasteiger partial charge in [-0.25, -0.2) is 10.3 Å². The third-order valence-electron chi connectivity index (χ3n) is 1.67. The maximum Gasteiger partial charge on any atom is 0.401 e. The molecule has 0 amide bonds. The fourth-order valence-corrected chi connectivity index (χ4v) is 0.983. The quantitative estimate of drug-likeness (QED) is 0.773. The molecule has 0 saturated carbocycles. The highest BCUT2D eigenvalue weighted by Crippen LogP contribution is 2.06. The zero-order valence-corrected chi connectivity index (χ0v) is 7.71. The van der Waals surface area contributed by atoms with Crippen LogP contribution in [0.2, 0.25) is 0 Å². The van der Waals surface area contributed by atoms with Crippen LogP contribution in [-0.4, -0.2) is 11.1 Å². The van der Waals surface area contributed by atoms with Crippen LogP contribution in [-0.2, 0) is 4.84 Å². The normalized spacial score (nSPS) is 9.60. The van der Waals surface area contributed by atoms with Crippen LogP contribution in [0.3, 0.4) is 0 Å². The van der Waals surface area contributed by atoms with Crippen molar-refractivity contribution in [1.29, 1.82) is 0 Å². The topological polar surface area (TPSA) is 64.4 Å². The molecule has 5 nitrogen and oxygen atoms in total. The van der Waals surface area contributed by atoms with Crippen molar-refractivity contribution in [3.8, 4) is 0 Å². The van der Waals surface area contributed by atoms with Gasteiger partial charge in [-0.2, -0.15) is 0 Å². The molecule has 1 heterocycles. The van der Waals surface area contributed by atoms with Gasteiger partial charge in [0.15, 0.2) is 0 Å². The van der Waals surface area contributed by atoms with E-state index in [1.165, 1.54) is 12.3 Å². The first kappa shape index (κ1) is 9.26. The molecule has 76 valence electrons. The number of nitrogens with one attached hydrogen (secondary N) is 1. The Morgan fingerprint density at radius 3 is 2.73 bits per heavy atom. The van der Waals surface area contributed by atoms with Gasteiger partial charge in [0.05, 0.1) is 11.9 Å². The van der Waals surface area contributed by atoms with Gasteiger partial charge >= 0.3 is 5.97 Å². The molecule has 0 aliphatic rings. The van der Waals surface area contributed by atoms with E-state index in [0.29, 0.717) is 5.69 Å². The van der Waals surface area contributed by atoms with Crippen LogP contribution in [0, 0.1) is 0 Å². The Morgan fingerprint density at radius 2 is 2.07 bits per heavy atom. The van der Waals surface area contributed by atoms with E-state index < -0.39 is 5.97 Å². The molecular formula is C10H8N2O3.